The number of rotatable bonds is 5. The summed E-state index contributed by atoms with van der Waals surface area (Å²) in [6, 6.07) is 7.16. The van der Waals surface area contributed by atoms with Crippen LogP contribution in [0.3, 0.4) is 0 Å². The molecule has 0 aliphatic carbocycles. The summed E-state index contributed by atoms with van der Waals surface area (Å²) in [4.78, 5) is 13.5. The Bertz CT molecular complexity index is 613. The zero-order valence-corrected chi connectivity index (χ0v) is 13.7. The Morgan fingerprint density at radius 1 is 1.36 bits per heavy atom. The highest BCUT2D eigenvalue weighted by Crippen LogP contribution is 2.12. The molecule has 1 aliphatic heterocycles. The van der Waals surface area contributed by atoms with Crippen LogP contribution in [0.4, 0.5) is 4.79 Å². The summed E-state index contributed by atoms with van der Waals surface area (Å²) >= 11 is 0. The van der Waals surface area contributed by atoms with Crippen LogP contribution in [0.25, 0.3) is 0 Å². The van der Waals surface area contributed by atoms with Crippen LogP contribution in [0.1, 0.15) is 12.0 Å². The molecule has 1 heterocycles. The summed E-state index contributed by atoms with van der Waals surface area (Å²) < 4.78 is 28.3. The van der Waals surface area contributed by atoms with Crippen molar-refractivity contribution in [2.75, 3.05) is 31.7 Å². The first-order chi connectivity index (χ1) is 10.4. The number of sulfone groups is 1. The van der Waals surface area contributed by atoms with Crippen LogP contribution in [0.15, 0.2) is 24.3 Å². The monoisotopic (exact) mass is 326 g/mol. The largest absolute Gasteiger partial charge is 0.492 e. The van der Waals surface area contributed by atoms with E-state index >= 15 is 0 Å². The molecule has 2 rings (SSSR count). The molecule has 1 N–H and O–H groups in total. The van der Waals surface area contributed by atoms with Gasteiger partial charge in [-0.3, -0.25) is 0 Å². The van der Waals surface area contributed by atoms with Crippen LogP contribution in [-0.2, 0) is 9.84 Å². The van der Waals surface area contributed by atoms with Gasteiger partial charge >= 0.3 is 6.03 Å². The Labute approximate surface area is 131 Å². The van der Waals surface area contributed by atoms with Gasteiger partial charge in [-0.2, -0.15) is 0 Å². The number of aryl methyl sites for hydroxylation is 1. The maximum Gasteiger partial charge on any atom is 0.317 e. The van der Waals surface area contributed by atoms with Crippen LogP contribution in [0, 0.1) is 6.92 Å². The normalized spacial score (nSPS) is 19.6. The summed E-state index contributed by atoms with van der Waals surface area (Å²) in [5.41, 5.74) is 1.16. The van der Waals surface area contributed by atoms with Gasteiger partial charge in [0.15, 0.2) is 9.84 Å². The van der Waals surface area contributed by atoms with Crippen LogP contribution in [0.5, 0.6) is 5.75 Å². The lowest BCUT2D eigenvalue weighted by Crippen LogP contribution is -2.44. The molecule has 1 atom stereocenters. The lowest BCUT2D eigenvalue weighted by atomic mass is 10.2. The van der Waals surface area contributed by atoms with Crippen LogP contribution >= 0.6 is 0 Å². The highest BCUT2D eigenvalue weighted by Gasteiger charge is 2.29. The number of amides is 2. The van der Waals surface area contributed by atoms with Crippen molar-refractivity contribution in [1.29, 1.82) is 0 Å². The summed E-state index contributed by atoms with van der Waals surface area (Å²) in [5.74, 6) is 0.950. The number of urea groups is 1. The van der Waals surface area contributed by atoms with Crippen LogP contribution in [-0.4, -0.2) is 57.1 Å². The third-order valence-corrected chi connectivity index (χ3v) is 5.39. The van der Waals surface area contributed by atoms with Crippen molar-refractivity contribution in [3.63, 3.8) is 0 Å². The summed E-state index contributed by atoms with van der Waals surface area (Å²) in [5, 5.41) is 2.74. The van der Waals surface area contributed by atoms with Gasteiger partial charge in [0.25, 0.3) is 0 Å². The van der Waals surface area contributed by atoms with Gasteiger partial charge in [-0.1, -0.05) is 17.7 Å². The lowest BCUT2D eigenvalue weighted by molar-refractivity contribution is 0.192. The predicted octanol–water partition coefficient (Wildman–Crippen LogP) is 1.20. The van der Waals surface area contributed by atoms with Crippen molar-refractivity contribution >= 4 is 15.9 Å². The van der Waals surface area contributed by atoms with Crippen molar-refractivity contribution in [2.45, 2.75) is 19.4 Å². The number of hydrogen-bond acceptors (Lipinski definition) is 4. The number of ether oxygens (including phenoxy) is 1. The minimum Gasteiger partial charge on any atom is -0.492 e. The molecular formula is C15H22N2O4S. The van der Waals surface area contributed by atoms with E-state index in [1.807, 2.05) is 31.2 Å². The highest BCUT2D eigenvalue weighted by atomic mass is 32.2. The molecule has 1 aliphatic rings. The molecule has 22 heavy (non-hydrogen) atoms. The molecule has 0 bridgehead atoms. The minimum atomic E-state index is -2.98. The number of nitrogens with zero attached hydrogens (tertiary/aromatic N) is 1. The fourth-order valence-corrected chi connectivity index (χ4v) is 3.90. The van der Waals surface area contributed by atoms with Gasteiger partial charge in [-0.25, -0.2) is 13.2 Å². The van der Waals surface area contributed by atoms with E-state index in [-0.39, 0.29) is 23.6 Å². The first-order valence-electron chi connectivity index (χ1n) is 7.27. The van der Waals surface area contributed by atoms with Crippen molar-refractivity contribution in [1.82, 2.24) is 10.2 Å². The molecule has 1 saturated heterocycles. The van der Waals surface area contributed by atoms with Crippen molar-refractivity contribution < 1.29 is 17.9 Å². The molecule has 122 valence electrons. The molecule has 0 saturated carbocycles. The molecule has 1 aromatic rings. The Morgan fingerprint density at radius 2 is 2.05 bits per heavy atom. The van der Waals surface area contributed by atoms with Crippen molar-refractivity contribution in [3.8, 4) is 5.75 Å². The molecule has 0 radical (unpaired) electrons. The molecule has 2 amide bonds. The van der Waals surface area contributed by atoms with Crippen molar-refractivity contribution in [3.05, 3.63) is 29.8 Å². The second-order valence-electron chi connectivity index (χ2n) is 5.63. The smallest absolute Gasteiger partial charge is 0.317 e. The predicted molar refractivity (Wildman–Crippen MR) is 84.9 cm³/mol. The quantitative estimate of drug-likeness (QED) is 0.882. The molecule has 0 unspecified atom stereocenters. The number of benzene rings is 1. The average Bonchev–Trinajstić information content (AvgIpc) is 2.80. The molecular weight excluding hydrogens is 304 g/mol. The molecule has 1 fully saturated rings. The third kappa shape index (κ3) is 4.91. The molecule has 0 spiro atoms. The Morgan fingerprint density at radius 3 is 2.64 bits per heavy atom. The van der Waals surface area contributed by atoms with E-state index in [1.165, 1.54) is 4.90 Å². The zero-order chi connectivity index (χ0) is 16.2. The topological polar surface area (TPSA) is 75.7 Å². The second kappa shape index (κ2) is 7.00. The van der Waals surface area contributed by atoms with Gasteiger partial charge in [0.1, 0.15) is 12.4 Å². The lowest BCUT2D eigenvalue weighted by Gasteiger charge is -2.20. The number of carbonyl (C=O) groups is 1. The Balaban J connectivity index is 1.71. The second-order valence-corrected chi connectivity index (χ2v) is 7.86. The number of likely N-dealkylation sites (N-methyl/N-ethyl adjacent to an activating group) is 1. The summed E-state index contributed by atoms with van der Waals surface area (Å²) in [6.07, 6.45) is 0.488. The van der Waals surface area contributed by atoms with E-state index in [4.69, 9.17) is 4.74 Å². The third-order valence-electron chi connectivity index (χ3n) is 3.62. The fraction of sp³-hybridized carbons (Fsp3) is 0.533. The molecule has 6 nitrogen and oxygen atoms in total. The van der Waals surface area contributed by atoms with Crippen LogP contribution in [0.2, 0.25) is 0 Å². The van der Waals surface area contributed by atoms with Gasteiger partial charge in [0, 0.05) is 13.1 Å². The summed E-state index contributed by atoms with van der Waals surface area (Å²) in [6.45, 7) is 2.82. The number of carbonyl (C=O) groups excluding carboxylic acids is 1. The van der Waals surface area contributed by atoms with E-state index in [9.17, 15) is 13.2 Å². The van der Waals surface area contributed by atoms with Gasteiger partial charge < -0.3 is 15.0 Å². The van der Waals surface area contributed by atoms with E-state index in [2.05, 4.69) is 5.32 Å². The molecule has 7 heteroatoms. The Kier molecular flexibility index (Phi) is 5.28. The molecule has 1 aromatic carbocycles. The SMILES string of the molecule is Cc1ccc(OCCN(C)C(=O)N[C@@H]2CCS(=O)(=O)C2)cc1. The van der Waals surface area contributed by atoms with Crippen LogP contribution < -0.4 is 10.1 Å². The molecule has 0 aromatic heterocycles. The van der Waals surface area contributed by atoms with Gasteiger partial charge in [-0.05, 0) is 25.5 Å². The van der Waals surface area contributed by atoms with Gasteiger partial charge in [0.05, 0.1) is 18.1 Å². The van der Waals surface area contributed by atoms with Crippen molar-refractivity contribution in [2.24, 2.45) is 0 Å². The highest BCUT2D eigenvalue weighted by molar-refractivity contribution is 7.91. The first kappa shape index (κ1) is 16.6. The van der Waals surface area contributed by atoms with Gasteiger partial charge in [0.2, 0.25) is 0 Å². The average molecular weight is 326 g/mol. The minimum absolute atomic E-state index is 0.0342. The number of hydrogen-bond donors (Lipinski definition) is 1. The maximum absolute atomic E-state index is 12.0. The van der Waals surface area contributed by atoms with Gasteiger partial charge in [-0.15, -0.1) is 0 Å². The first-order valence-corrected chi connectivity index (χ1v) is 9.09. The maximum atomic E-state index is 12.0. The summed E-state index contributed by atoms with van der Waals surface area (Å²) in [7, 11) is -1.32. The van der Waals surface area contributed by atoms with E-state index in [1.54, 1.807) is 7.05 Å². The zero-order valence-electron chi connectivity index (χ0n) is 12.9. The van der Waals surface area contributed by atoms with E-state index < -0.39 is 9.84 Å². The Hall–Kier alpha value is -1.76. The van der Waals surface area contributed by atoms with E-state index in [0.29, 0.717) is 19.6 Å². The number of nitrogens with one attached hydrogen (secondary N) is 1. The van der Waals surface area contributed by atoms with E-state index in [0.717, 1.165) is 11.3 Å². The standard InChI is InChI=1S/C15H22N2O4S/c1-12-3-5-14(6-4-12)21-9-8-17(2)15(18)16-13-7-10-22(19,20)11-13/h3-6,13H,7-11H2,1-2H3,(H,16,18)/t13-/m1/s1. The fourth-order valence-electron chi connectivity index (χ4n) is 2.23.